The molecule has 0 bridgehead atoms. The van der Waals surface area contributed by atoms with Gasteiger partial charge in [-0.2, -0.15) is 0 Å². The van der Waals surface area contributed by atoms with E-state index < -0.39 is 0 Å². The van der Waals surface area contributed by atoms with Gasteiger partial charge in [0, 0.05) is 12.4 Å². The number of rotatable bonds is 1. The maximum atomic E-state index is 8.30. The smallest absolute Gasteiger partial charge is 0.231 e. The molecule has 54 valence electrons. The van der Waals surface area contributed by atoms with Gasteiger partial charge in [0.25, 0.3) is 0 Å². The fourth-order valence-corrected chi connectivity index (χ4v) is 0.517. The Hall–Kier alpha value is -1.56. The molecule has 1 heterocycles. The van der Waals surface area contributed by atoms with Crippen molar-refractivity contribution >= 4 is 5.84 Å². The lowest BCUT2D eigenvalue weighted by atomic mass is 10.6. The Morgan fingerprint density at radius 1 is 1.80 bits per heavy atom. The zero-order chi connectivity index (χ0) is 7.40. The molecule has 0 aliphatic carbocycles. The molecule has 0 aliphatic rings. The van der Waals surface area contributed by atoms with Crippen LogP contribution in [0.4, 0.5) is 0 Å². The number of nitrogens with zero attached hydrogens (tertiary/aromatic N) is 2. The molecule has 10 heavy (non-hydrogen) atoms. The third-order valence-corrected chi connectivity index (χ3v) is 0.928. The van der Waals surface area contributed by atoms with E-state index in [4.69, 9.17) is 10.4 Å². The van der Waals surface area contributed by atoms with Gasteiger partial charge in [-0.1, -0.05) is 5.16 Å². The molecule has 0 fully saturated rings. The number of aromatic nitrogens is 2. The summed E-state index contributed by atoms with van der Waals surface area (Å²) in [5, 5.41) is 19.2. The number of oxime groups is 1. The molecule has 0 saturated heterocycles. The molecule has 6 heteroatoms. The SMILES string of the molecule is ON=C(NO)c1ncc[nH]1. The van der Waals surface area contributed by atoms with E-state index in [9.17, 15) is 0 Å². The molecule has 0 atom stereocenters. The molecule has 0 spiro atoms. The van der Waals surface area contributed by atoms with E-state index in [1.807, 2.05) is 0 Å². The van der Waals surface area contributed by atoms with Crippen molar-refractivity contribution in [2.75, 3.05) is 0 Å². The summed E-state index contributed by atoms with van der Waals surface area (Å²) >= 11 is 0. The molecule has 6 nitrogen and oxygen atoms in total. The molecular weight excluding hydrogens is 136 g/mol. The van der Waals surface area contributed by atoms with Crippen molar-refractivity contribution in [3.05, 3.63) is 18.2 Å². The Bertz CT molecular complexity index is 217. The summed E-state index contributed by atoms with van der Waals surface area (Å²) in [6.45, 7) is 0. The average Bonchev–Trinajstić information content (AvgIpc) is 2.43. The van der Waals surface area contributed by atoms with Crippen LogP contribution in [-0.2, 0) is 0 Å². The number of H-pyrrole nitrogens is 1. The van der Waals surface area contributed by atoms with Crippen LogP contribution < -0.4 is 5.48 Å². The normalized spacial score (nSPS) is 11.5. The first-order chi connectivity index (χ1) is 4.88. The minimum absolute atomic E-state index is 0.120. The van der Waals surface area contributed by atoms with Crippen LogP contribution in [0, 0.1) is 0 Å². The Labute approximate surface area is 56.2 Å². The van der Waals surface area contributed by atoms with Gasteiger partial charge in [0.2, 0.25) is 5.84 Å². The Kier molecular flexibility index (Phi) is 1.86. The van der Waals surface area contributed by atoms with E-state index in [1.54, 1.807) is 5.48 Å². The minimum atomic E-state index is -0.120. The largest absolute Gasteiger partial charge is 0.409 e. The Morgan fingerprint density at radius 2 is 2.60 bits per heavy atom. The van der Waals surface area contributed by atoms with E-state index in [1.165, 1.54) is 12.4 Å². The Morgan fingerprint density at radius 3 is 3.00 bits per heavy atom. The lowest BCUT2D eigenvalue weighted by Gasteiger charge is -1.94. The van der Waals surface area contributed by atoms with Gasteiger partial charge < -0.3 is 10.2 Å². The van der Waals surface area contributed by atoms with Gasteiger partial charge in [0.1, 0.15) is 0 Å². The topological polar surface area (TPSA) is 93.5 Å². The standard InChI is InChI=1S/C4H6N4O2/c9-7-4(8-10)3-5-1-2-6-3/h1-2,9-10H,(H,5,6)(H,7,8). The van der Waals surface area contributed by atoms with Gasteiger partial charge >= 0.3 is 0 Å². The number of aromatic amines is 1. The van der Waals surface area contributed by atoms with E-state index in [2.05, 4.69) is 15.1 Å². The third-order valence-electron chi connectivity index (χ3n) is 0.928. The van der Waals surface area contributed by atoms with Crippen LogP contribution in [0.1, 0.15) is 5.82 Å². The number of hydrogen-bond acceptors (Lipinski definition) is 4. The zero-order valence-corrected chi connectivity index (χ0v) is 4.94. The molecule has 0 unspecified atom stereocenters. The highest BCUT2D eigenvalue weighted by Gasteiger charge is 2.02. The monoisotopic (exact) mass is 142 g/mol. The fraction of sp³-hybridized carbons (Fsp3) is 0. The quantitative estimate of drug-likeness (QED) is 0.184. The minimum Gasteiger partial charge on any atom is -0.409 e. The molecule has 0 aromatic carbocycles. The maximum absolute atomic E-state index is 8.30. The van der Waals surface area contributed by atoms with Crippen LogP contribution in [0.25, 0.3) is 0 Å². The van der Waals surface area contributed by atoms with Crippen molar-refractivity contribution < 1.29 is 10.4 Å². The lowest BCUT2D eigenvalue weighted by molar-refractivity contribution is 0.223. The first-order valence-corrected chi connectivity index (χ1v) is 2.50. The number of hydroxylamine groups is 1. The first kappa shape index (κ1) is 6.56. The second-order valence-electron chi connectivity index (χ2n) is 1.50. The van der Waals surface area contributed by atoms with Crippen LogP contribution in [0.15, 0.2) is 17.5 Å². The van der Waals surface area contributed by atoms with Gasteiger partial charge in [-0.15, -0.1) is 0 Å². The van der Waals surface area contributed by atoms with Crippen molar-refractivity contribution in [3.63, 3.8) is 0 Å². The van der Waals surface area contributed by atoms with E-state index in [-0.39, 0.29) is 11.7 Å². The summed E-state index contributed by atoms with van der Waals surface area (Å²) in [4.78, 5) is 6.30. The van der Waals surface area contributed by atoms with Gasteiger partial charge in [0.15, 0.2) is 5.82 Å². The van der Waals surface area contributed by atoms with Crippen molar-refractivity contribution in [3.8, 4) is 0 Å². The molecular formula is C4H6N4O2. The number of imidazole rings is 1. The average molecular weight is 142 g/mol. The van der Waals surface area contributed by atoms with Crippen LogP contribution in [0.5, 0.6) is 0 Å². The molecule has 4 N–H and O–H groups in total. The molecule has 1 aromatic heterocycles. The highest BCUT2D eigenvalue weighted by molar-refractivity contribution is 5.93. The van der Waals surface area contributed by atoms with Crippen molar-refractivity contribution in [1.82, 2.24) is 15.4 Å². The van der Waals surface area contributed by atoms with Gasteiger partial charge in [-0.3, -0.25) is 5.21 Å². The van der Waals surface area contributed by atoms with Crippen molar-refractivity contribution in [2.24, 2.45) is 5.16 Å². The zero-order valence-electron chi connectivity index (χ0n) is 4.94. The van der Waals surface area contributed by atoms with Crippen molar-refractivity contribution in [2.45, 2.75) is 0 Å². The lowest BCUT2D eigenvalue weighted by Crippen LogP contribution is -2.21. The number of amidine groups is 1. The van der Waals surface area contributed by atoms with Gasteiger partial charge in [0.05, 0.1) is 0 Å². The first-order valence-electron chi connectivity index (χ1n) is 2.50. The molecule has 0 amide bonds. The predicted octanol–water partition coefficient (Wildman–Crippen LogP) is -0.476. The summed E-state index contributed by atoms with van der Waals surface area (Å²) in [7, 11) is 0. The highest BCUT2D eigenvalue weighted by Crippen LogP contribution is 1.87. The summed E-state index contributed by atoms with van der Waals surface area (Å²) in [5.41, 5.74) is 1.66. The second kappa shape index (κ2) is 2.83. The Balaban J connectivity index is 2.85. The molecule has 1 aromatic rings. The summed E-state index contributed by atoms with van der Waals surface area (Å²) in [6, 6.07) is 0. The van der Waals surface area contributed by atoms with Crippen LogP contribution in [-0.4, -0.2) is 26.2 Å². The van der Waals surface area contributed by atoms with E-state index >= 15 is 0 Å². The van der Waals surface area contributed by atoms with Gasteiger partial charge in [-0.25, -0.2) is 10.5 Å². The van der Waals surface area contributed by atoms with E-state index in [0.29, 0.717) is 0 Å². The summed E-state index contributed by atoms with van der Waals surface area (Å²) in [5.74, 6) is 0.148. The number of hydrogen-bond donors (Lipinski definition) is 4. The molecule has 0 radical (unpaired) electrons. The summed E-state index contributed by atoms with van der Waals surface area (Å²) in [6.07, 6.45) is 3.01. The van der Waals surface area contributed by atoms with Crippen LogP contribution in [0.3, 0.4) is 0 Å². The highest BCUT2D eigenvalue weighted by atomic mass is 16.5. The molecule has 0 saturated carbocycles. The van der Waals surface area contributed by atoms with Crippen LogP contribution in [0.2, 0.25) is 0 Å². The third kappa shape index (κ3) is 1.06. The van der Waals surface area contributed by atoms with E-state index in [0.717, 1.165) is 0 Å². The predicted molar refractivity (Wildman–Crippen MR) is 31.8 cm³/mol. The fourth-order valence-electron chi connectivity index (χ4n) is 0.517. The maximum Gasteiger partial charge on any atom is 0.231 e. The van der Waals surface area contributed by atoms with Crippen molar-refractivity contribution in [1.29, 1.82) is 0 Å². The van der Waals surface area contributed by atoms with Crippen LogP contribution >= 0.6 is 0 Å². The second-order valence-corrected chi connectivity index (χ2v) is 1.50. The number of nitrogens with one attached hydrogen (secondary N) is 2. The molecule has 0 aliphatic heterocycles. The van der Waals surface area contributed by atoms with Gasteiger partial charge in [-0.05, 0) is 0 Å². The summed E-state index contributed by atoms with van der Waals surface area (Å²) < 4.78 is 0. The molecule has 1 rings (SSSR count).